The first kappa shape index (κ1) is 14.7. The largest absolute Gasteiger partial charge is 0.358 e. The van der Waals surface area contributed by atoms with Crippen LogP contribution in [0.25, 0.3) is 0 Å². The molecule has 0 aromatic carbocycles. The molecule has 0 saturated heterocycles. The van der Waals surface area contributed by atoms with Crippen molar-refractivity contribution in [1.82, 2.24) is 10.0 Å². The quantitative estimate of drug-likeness (QED) is 0.500. The number of carbonyl (C=O) groups excluding carboxylic acids is 1. The molecule has 1 amide bonds. The molecule has 7 heteroatoms. The van der Waals surface area contributed by atoms with Crippen LogP contribution in [0.1, 0.15) is 19.8 Å². The van der Waals surface area contributed by atoms with E-state index in [2.05, 4.69) is 10.0 Å². The summed E-state index contributed by atoms with van der Waals surface area (Å²) in [6, 6.07) is -0.740. The van der Waals surface area contributed by atoms with E-state index in [1.165, 1.54) is 14.0 Å². The predicted octanol–water partition coefficient (Wildman–Crippen LogP) is 0.0593. The summed E-state index contributed by atoms with van der Waals surface area (Å²) in [6.45, 7) is 1.50. The number of halogens is 1. The summed E-state index contributed by atoms with van der Waals surface area (Å²) in [7, 11) is -1.92. The molecule has 0 heterocycles. The van der Waals surface area contributed by atoms with Crippen LogP contribution < -0.4 is 10.0 Å². The minimum Gasteiger partial charge on any atom is -0.358 e. The molecule has 1 atom stereocenters. The molecule has 0 fully saturated rings. The number of sulfonamides is 1. The number of likely N-dealkylation sites (N-methyl/N-ethyl adjacent to an activating group) is 1. The van der Waals surface area contributed by atoms with Crippen molar-refractivity contribution < 1.29 is 13.2 Å². The Labute approximate surface area is 95.6 Å². The molecule has 15 heavy (non-hydrogen) atoms. The van der Waals surface area contributed by atoms with Gasteiger partial charge in [-0.25, -0.2) is 13.1 Å². The number of hydrogen-bond donors (Lipinski definition) is 2. The van der Waals surface area contributed by atoms with Crippen LogP contribution in [0.5, 0.6) is 0 Å². The minimum absolute atomic E-state index is 0.00105. The van der Waals surface area contributed by atoms with Gasteiger partial charge in [0.05, 0.1) is 11.8 Å². The third-order valence-corrected chi connectivity index (χ3v) is 3.60. The molecule has 0 rings (SSSR count). The summed E-state index contributed by atoms with van der Waals surface area (Å²) >= 11 is 5.43. The summed E-state index contributed by atoms with van der Waals surface area (Å²) in [4.78, 5) is 11.1. The molecular weight excluding hydrogens is 240 g/mol. The van der Waals surface area contributed by atoms with Gasteiger partial charge in [0.2, 0.25) is 15.9 Å². The van der Waals surface area contributed by atoms with Crippen molar-refractivity contribution in [1.29, 1.82) is 0 Å². The molecular formula is C8H17ClN2O3S. The Morgan fingerprint density at radius 2 is 2.00 bits per heavy atom. The summed E-state index contributed by atoms with van der Waals surface area (Å²) in [5.74, 6) is 0.0950. The lowest BCUT2D eigenvalue weighted by atomic mass is 10.3. The Kier molecular flexibility index (Phi) is 6.87. The standard InChI is InChI=1S/C8H17ClN2O3S/c1-7(8(12)10-2)11-15(13,14)6-4-3-5-9/h7,11H,3-6H2,1-2H3,(H,10,12). The average Bonchev–Trinajstić information content (AvgIpc) is 2.16. The van der Waals surface area contributed by atoms with Crippen LogP contribution in [-0.4, -0.2) is 39.0 Å². The van der Waals surface area contributed by atoms with Crippen molar-refractivity contribution in [2.75, 3.05) is 18.7 Å². The lowest BCUT2D eigenvalue weighted by Crippen LogP contribution is -2.44. The van der Waals surface area contributed by atoms with E-state index >= 15 is 0 Å². The van der Waals surface area contributed by atoms with Gasteiger partial charge in [-0.1, -0.05) is 0 Å². The molecule has 2 N–H and O–H groups in total. The molecule has 1 unspecified atom stereocenters. The molecule has 5 nitrogen and oxygen atoms in total. The normalized spacial score (nSPS) is 13.5. The number of amides is 1. The molecule has 0 aliphatic heterocycles. The first-order valence-electron chi connectivity index (χ1n) is 4.70. The van der Waals surface area contributed by atoms with E-state index in [4.69, 9.17) is 11.6 Å². The number of rotatable bonds is 7. The van der Waals surface area contributed by atoms with Gasteiger partial charge in [0, 0.05) is 12.9 Å². The summed E-state index contributed by atoms with van der Waals surface area (Å²) in [5, 5.41) is 2.37. The fraction of sp³-hybridized carbons (Fsp3) is 0.875. The van der Waals surface area contributed by atoms with Crippen molar-refractivity contribution in [2.24, 2.45) is 0 Å². The second-order valence-electron chi connectivity index (χ2n) is 3.17. The zero-order chi connectivity index (χ0) is 11.9. The van der Waals surface area contributed by atoms with Gasteiger partial charge in [-0.15, -0.1) is 11.6 Å². The Hall–Kier alpha value is -0.330. The van der Waals surface area contributed by atoms with E-state index < -0.39 is 16.1 Å². The van der Waals surface area contributed by atoms with Crippen molar-refractivity contribution >= 4 is 27.5 Å². The zero-order valence-electron chi connectivity index (χ0n) is 8.92. The van der Waals surface area contributed by atoms with E-state index in [1.807, 2.05) is 0 Å². The van der Waals surface area contributed by atoms with Gasteiger partial charge in [-0.05, 0) is 19.8 Å². The highest BCUT2D eigenvalue weighted by Crippen LogP contribution is 1.97. The molecule has 0 aliphatic carbocycles. The van der Waals surface area contributed by atoms with Gasteiger partial charge in [0.25, 0.3) is 0 Å². The van der Waals surface area contributed by atoms with Crippen molar-refractivity contribution in [3.63, 3.8) is 0 Å². The van der Waals surface area contributed by atoms with Crippen LogP contribution in [0.2, 0.25) is 0 Å². The lowest BCUT2D eigenvalue weighted by Gasteiger charge is -2.12. The van der Waals surface area contributed by atoms with Gasteiger partial charge in [-0.2, -0.15) is 0 Å². The topological polar surface area (TPSA) is 75.3 Å². The molecule has 0 spiro atoms. The second-order valence-corrected chi connectivity index (χ2v) is 5.42. The van der Waals surface area contributed by atoms with Gasteiger partial charge in [0.1, 0.15) is 0 Å². The third kappa shape index (κ3) is 6.70. The summed E-state index contributed by atoms with van der Waals surface area (Å²) in [5.41, 5.74) is 0. The lowest BCUT2D eigenvalue weighted by molar-refractivity contribution is -0.121. The predicted molar refractivity (Wildman–Crippen MR) is 60.4 cm³/mol. The fourth-order valence-corrected chi connectivity index (χ4v) is 2.52. The SMILES string of the molecule is CNC(=O)C(C)NS(=O)(=O)CCCCCl. The molecule has 0 bridgehead atoms. The molecule has 0 radical (unpaired) electrons. The highest BCUT2D eigenvalue weighted by Gasteiger charge is 2.18. The maximum Gasteiger partial charge on any atom is 0.237 e. The Morgan fingerprint density at radius 3 is 2.47 bits per heavy atom. The Bertz CT molecular complexity index is 292. The van der Waals surface area contributed by atoms with E-state index in [-0.39, 0.29) is 11.7 Å². The van der Waals surface area contributed by atoms with Gasteiger partial charge >= 0.3 is 0 Å². The number of carbonyl (C=O) groups is 1. The van der Waals surface area contributed by atoms with Crippen LogP contribution in [-0.2, 0) is 14.8 Å². The van der Waals surface area contributed by atoms with E-state index in [9.17, 15) is 13.2 Å². The molecule has 0 aliphatic rings. The van der Waals surface area contributed by atoms with Crippen LogP contribution in [0.15, 0.2) is 0 Å². The van der Waals surface area contributed by atoms with Crippen LogP contribution in [0.3, 0.4) is 0 Å². The van der Waals surface area contributed by atoms with E-state index in [0.717, 1.165) is 0 Å². The first-order chi connectivity index (χ1) is 6.93. The number of alkyl halides is 1. The van der Waals surface area contributed by atoms with Gasteiger partial charge in [0.15, 0.2) is 0 Å². The zero-order valence-corrected chi connectivity index (χ0v) is 10.5. The summed E-state index contributed by atoms with van der Waals surface area (Å²) < 4.78 is 25.1. The number of unbranched alkanes of at least 4 members (excludes halogenated alkanes) is 1. The van der Waals surface area contributed by atoms with Crippen molar-refractivity contribution in [3.8, 4) is 0 Å². The van der Waals surface area contributed by atoms with Crippen LogP contribution in [0, 0.1) is 0 Å². The maximum absolute atomic E-state index is 11.4. The monoisotopic (exact) mass is 256 g/mol. The first-order valence-corrected chi connectivity index (χ1v) is 6.89. The second kappa shape index (κ2) is 7.03. The number of nitrogens with one attached hydrogen (secondary N) is 2. The number of hydrogen-bond acceptors (Lipinski definition) is 3. The minimum atomic E-state index is -3.38. The van der Waals surface area contributed by atoms with Crippen molar-refractivity contribution in [3.05, 3.63) is 0 Å². The Morgan fingerprint density at radius 1 is 1.40 bits per heavy atom. The average molecular weight is 257 g/mol. The highest BCUT2D eigenvalue weighted by molar-refractivity contribution is 7.89. The smallest absolute Gasteiger partial charge is 0.237 e. The summed E-state index contributed by atoms with van der Waals surface area (Å²) in [6.07, 6.45) is 1.15. The Balaban J connectivity index is 4.08. The van der Waals surface area contributed by atoms with Crippen molar-refractivity contribution in [2.45, 2.75) is 25.8 Å². The van der Waals surface area contributed by atoms with Gasteiger partial charge < -0.3 is 5.32 Å². The molecule has 0 aromatic heterocycles. The van der Waals surface area contributed by atoms with Gasteiger partial charge in [-0.3, -0.25) is 4.79 Å². The molecule has 90 valence electrons. The fourth-order valence-electron chi connectivity index (χ4n) is 0.985. The molecule has 0 aromatic rings. The van der Waals surface area contributed by atoms with E-state index in [1.54, 1.807) is 0 Å². The maximum atomic E-state index is 11.4. The third-order valence-electron chi connectivity index (χ3n) is 1.79. The van der Waals surface area contributed by atoms with E-state index in [0.29, 0.717) is 18.7 Å². The highest BCUT2D eigenvalue weighted by atomic mass is 35.5. The van der Waals surface area contributed by atoms with Crippen LogP contribution in [0.4, 0.5) is 0 Å². The van der Waals surface area contributed by atoms with Crippen LogP contribution >= 0.6 is 11.6 Å². The molecule has 0 saturated carbocycles.